The molecule has 2 N–H and O–H groups in total. The Bertz CT molecular complexity index is 601. The van der Waals surface area contributed by atoms with Crippen LogP contribution in [0.5, 0.6) is 0 Å². The van der Waals surface area contributed by atoms with Crippen molar-refractivity contribution in [3.63, 3.8) is 0 Å². The second-order valence-corrected chi connectivity index (χ2v) is 5.88. The number of methoxy groups -OCH3 is 1. The highest BCUT2D eigenvalue weighted by molar-refractivity contribution is 6.01. The molecule has 1 aromatic carbocycles. The first kappa shape index (κ1) is 20.5. The summed E-state index contributed by atoms with van der Waals surface area (Å²) in [7, 11) is 1.26. The van der Waals surface area contributed by atoms with Gasteiger partial charge in [0, 0.05) is 0 Å². The highest BCUT2D eigenvalue weighted by atomic mass is 16.5. The first-order valence-corrected chi connectivity index (χ1v) is 8.32. The highest BCUT2D eigenvalue weighted by Crippen LogP contribution is 2.16. The lowest BCUT2D eigenvalue weighted by atomic mass is 10.1. The molecular formula is C18H26N2O5. The van der Waals surface area contributed by atoms with Crippen molar-refractivity contribution in [3.8, 4) is 0 Å². The SMILES string of the molecule is CCCCOC(=O)c1ccccc1NC(=O)NC(C(=O)OC)C(C)C. The lowest BCUT2D eigenvalue weighted by Crippen LogP contribution is -2.46. The molecule has 0 aliphatic rings. The van der Waals surface area contributed by atoms with Crippen LogP contribution in [0, 0.1) is 5.92 Å². The smallest absolute Gasteiger partial charge is 0.340 e. The number of urea groups is 1. The minimum atomic E-state index is -0.784. The first-order chi connectivity index (χ1) is 11.9. The third-order valence-electron chi connectivity index (χ3n) is 3.53. The molecule has 0 aliphatic carbocycles. The van der Waals surface area contributed by atoms with E-state index in [-0.39, 0.29) is 11.5 Å². The summed E-state index contributed by atoms with van der Waals surface area (Å²) in [5.74, 6) is -1.18. The van der Waals surface area contributed by atoms with Crippen LogP contribution in [0.25, 0.3) is 0 Å². The number of carbonyl (C=O) groups excluding carboxylic acids is 3. The standard InChI is InChI=1S/C18H26N2O5/c1-5-6-11-25-16(21)13-9-7-8-10-14(13)19-18(23)20-15(12(2)3)17(22)24-4/h7-10,12,15H,5-6,11H2,1-4H3,(H2,19,20,23). The molecule has 0 aliphatic heterocycles. The molecule has 0 saturated carbocycles. The van der Waals surface area contributed by atoms with Gasteiger partial charge in [0.05, 0.1) is 25.0 Å². The molecule has 0 radical (unpaired) electrons. The van der Waals surface area contributed by atoms with Crippen molar-refractivity contribution in [2.75, 3.05) is 19.0 Å². The van der Waals surface area contributed by atoms with Crippen molar-refractivity contribution in [3.05, 3.63) is 29.8 Å². The average Bonchev–Trinajstić information content (AvgIpc) is 2.59. The Balaban J connectivity index is 2.80. The maximum absolute atomic E-state index is 12.2. The summed E-state index contributed by atoms with van der Waals surface area (Å²) in [5.41, 5.74) is 0.571. The van der Waals surface area contributed by atoms with Gasteiger partial charge >= 0.3 is 18.0 Å². The van der Waals surface area contributed by atoms with E-state index >= 15 is 0 Å². The maximum Gasteiger partial charge on any atom is 0.340 e. The lowest BCUT2D eigenvalue weighted by Gasteiger charge is -2.20. The molecule has 25 heavy (non-hydrogen) atoms. The Hall–Kier alpha value is -2.57. The Morgan fingerprint density at radius 1 is 1.16 bits per heavy atom. The molecule has 7 heteroatoms. The topological polar surface area (TPSA) is 93.7 Å². The summed E-state index contributed by atoms with van der Waals surface area (Å²) >= 11 is 0. The van der Waals surface area contributed by atoms with Crippen molar-refractivity contribution in [2.24, 2.45) is 5.92 Å². The molecular weight excluding hydrogens is 324 g/mol. The van der Waals surface area contributed by atoms with E-state index in [0.717, 1.165) is 12.8 Å². The lowest BCUT2D eigenvalue weighted by molar-refractivity contribution is -0.143. The van der Waals surface area contributed by atoms with E-state index in [2.05, 4.69) is 15.4 Å². The molecule has 0 saturated heterocycles. The highest BCUT2D eigenvalue weighted by Gasteiger charge is 2.25. The van der Waals surface area contributed by atoms with Crippen LogP contribution in [0.3, 0.4) is 0 Å². The van der Waals surface area contributed by atoms with Gasteiger partial charge < -0.3 is 20.1 Å². The number of benzene rings is 1. The fourth-order valence-corrected chi connectivity index (χ4v) is 2.08. The van der Waals surface area contributed by atoms with Crippen LogP contribution in [-0.4, -0.2) is 37.7 Å². The predicted octanol–water partition coefficient (Wildman–Crippen LogP) is 2.96. The molecule has 1 rings (SSSR count). The third kappa shape index (κ3) is 6.45. The molecule has 2 amide bonds. The largest absolute Gasteiger partial charge is 0.467 e. The van der Waals surface area contributed by atoms with Crippen molar-refractivity contribution in [1.82, 2.24) is 5.32 Å². The monoisotopic (exact) mass is 350 g/mol. The number of para-hydroxylation sites is 1. The molecule has 0 heterocycles. The van der Waals surface area contributed by atoms with Crippen molar-refractivity contribution in [1.29, 1.82) is 0 Å². The second kappa shape index (κ2) is 10.3. The number of ether oxygens (including phenoxy) is 2. The Kier molecular flexibility index (Phi) is 8.46. The van der Waals surface area contributed by atoms with Crippen LogP contribution in [-0.2, 0) is 14.3 Å². The minimum absolute atomic E-state index is 0.146. The third-order valence-corrected chi connectivity index (χ3v) is 3.53. The van der Waals surface area contributed by atoms with Crippen molar-refractivity contribution < 1.29 is 23.9 Å². The van der Waals surface area contributed by atoms with E-state index in [1.54, 1.807) is 38.1 Å². The molecule has 1 atom stereocenters. The number of esters is 2. The molecule has 0 spiro atoms. The minimum Gasteiger partial charge on any atom is -0.467 e. The number of amides is 2. The van der Waals surface area contributed by atoms with Crippen LogP contribution in [0.15, 0.2) is 24.3 Å². The normalized spacial score (nSPS) is 11.6. The number of carbonyl (C=O) groups is 3. The summed E-state index contributed by atoms with van der Waals surface area (Å²) in [4.78, 5) is 36.1. The molecule has 7 nitrogen and oxygen atoms in total. The van der Waals surface area contributed by atoms with E-state index in [0.29, 0.717) is 12.3 Å². The number of nitrogens with one attached hydrogen (secondary N) is 2. The van der Waals surface area contributed by atoms with E-state index in [1.807, 2.05) is 6.92 Å². The van der Waals surface area contributed by atoms with Gasteiger partial charge in [-0.3, -0.25) is 0 Å². The Morgan fingerprint density at radius 3 is 2.44 bits per heavy atom. The number of hydrogen-bond donors (Lipinski definition) is 2. The molecule has 0 bridgehead atoms. The summed E-state index contributed by atoms with van der Waals surface area (Å²) in [6.45, 7) is 5.91. The van der Waals surface area contributed by atoms with Gasteiger partial charge in [0.2, 0.25) is 0 Å². The fraction of sp³-hybridized carbons (Fsp3) is 0.500. The number of unbranched alkanes of at least 4 members (excludes halogenated alkanes) is 1. The summed E-state index contributed by atoms with van der Waals surface area (Å²) < 4.78 is 9.87. The van der Waals surface area contributed by atoms with E-state index < -0.39 is 24.0 Å². The predicted molar refractivity (Wildman–Crippen MR) is 94.4 cm³/mol. The fourth-order valence-electron chi connectivity index (χ4n) is 2.08. The van der Waals surface area contributed by atoms with Crippen LogP contribution >= 0.6 is 0 Å². The van der Waals surface area contributed by atoms with Crippen LogP contribution in [0.2, 0.25) is 0 Å². The van der Waals surface area contributed by atoms with Gasteiger partial charge in [-0.1, -0.05) is 39.3 Å². The van der Waals surface area contributed by atoms with Crippen molar-refractivity contribution >= 4 is 23.7 Å². The summed E-state index contributed by atoms with van der Waals surface area (Å²) in [6, 6.07) is 5.17. The summed E-state index contributed by atoms with van der Waals surface area (Å²) in [5, 5.41) is 5.14. The van der Waals surface area contributed by atoms with E-state index in [4.69, 9.17) is 4.74 Å². The van der Waals surface area contributed by atoms with Gasteiger partial charge in [0.1, 0.15) is 6.04 Å². The summed E-state index contributed by atoms with van der Waals surface area (Å²) in [6.07, 6.45) is 1.69. The second-order valence-electron chi connectivity index (χ2n) is 5.88. The van der Waals surface area contributed by atoms with E-state index in [9.17, 15) is 14.4 Å². The Morgan fingerprint density at radius 2 is 1.84 bits per heavy atom. The Labute approximate surface area is 148 Å². The van der Waals surface area contributed by atoms with Crippen LogP contribution in [0.4, 0.5) is 10.5 Å². The zero-order chi connectivity index (χ0) is 18.8. The average molecular weight is 350 g/mol. The van der Waals surface area contributed by atoms with Crippen LogP contribution < -0.4 is 10.6 Å². The quantitative estimate of drug-likeness (QED) is 0.555. The zero-order valence-corrected chi connectivity index (χ0v) is 15.1. The van der Waals surface area contributed by atoms with Gasteiger partial charge in [-0.05, 0) is 24.5 Å². The molecule has 0 fully saturated rings. The van der Waals surface area contributed by atoms with Crippen LogP contribution in [0.1, 0.15) is 44.0 Å². The van der Waals surface area contributed by atoms with Gasteiger partial charge in [-0.15, -0.1) is 0 Å². The number of hydrogen-bond acceptors (Lipinski definition) is 5. The molecule has 0 aromatic heterocycles. The van der Waals surface area contributed by atoms with Gasteiger partial charge in [0.15, 0.2) is 0 Å². The van der Waals surface area contributed by atoms with Gasteiger partial charge in [-0.25, -0.2) is 14.4 Å². The number of anilines is 1. The molecule has 1 unspecified atom stereocenters. The van der Waals surface area contributed by atoms with Crippen molar-refractivity contribution in [2.45, 2.75) is 39.7 Å². The zero-order valence-electron chi connectivity index (χ0n) is 15.1. The molecule has 1 aromatic rings. The van der Waals surface area contributed by atoms with Gasteiger partial charge in [-0.2, -0.15) is 0 Å². The van der Waals surface area contributed by atoms with E-state index in [1.165, 1.54) is 7.11 Å². The van der Waals surface area contributed by atoms with Gasteiger partial charge in [0.25, 0.3) is 0 Å². The maximum atomic E-state index is 12.2. The number of rotatable bonds is 8. The molecule has 138 valence electrons. The first-order valence-electron chi connectivity index (χ1n) is 8.32.